The Morgan fingerprint density at radius 3 is 2.94 bits per heavy atom. The Morgan fingerprint density at radius 2 is 2.12 bits per heavy atom. The van der Waals surface area contributed by atoms with Crippen LogP contribution in [0.2, 0.25) is 5.15 Å². The molecule has 5 heteroatoms. The van der Waals surface area contributed by atoms with Gasteiger partial charge in [-0.15, -0.1) is 0 Å². The number of halogens is 1. The van der Waals surface area contributed by atoms with Gasteiger partial charge in [-0.25, -0.2) is 4.98 Å². The van der Waals surface area contributed by atoms with Gasteiger partial charge in [0.05, 0.1) is 12.6 Å². The van der Waals surface area contributed by atoms with E-state index in [4.69, 9.17) is 16.3 Å². The highest BCUT2D eigenvalue weighted by Gasteiger charge is 2.07. The molecule has 0 aliphatic rings. The van der Waals surface area contributed by atoms with Crippen molar-refractivity contribution in [1.82, 2.24) is 14.4 Å². The average Bonchev–Trinajstić information content (AvgIpc) is 2.78. The minimum atomic E-state index is 0.476. The highest BCUT2D eigenvalue weighted by Crippen LogP contribution is 2.22. The van der Waals surface area contributed by atoms with Gasteiger partial charge in [0, 0.05) is 12.3 Å². The van der Waals surface area contributed by atoms with Crippen molar-refractivity contribution in [2.75, 3.05) is 7.11 Å². The molecule has 0 fully saturated rings. The molecule has 3 rings (SSSR count). The van der Waals surface area contributed by atoms with E-state index in [1.807, 2.05) is 28.8 Å². The Labute approximate surface area is 96.5 Å². The molecule has 0 unspecified atom stereocenters. The van der Waals surface area contributed by atoms with E-state index in [-0.39, 0.29) is 0 Å². The molecule has 3 heterocycles. The van der Waals surface area contributed by atoms with Crippen LogP contribution in [0.4, 0.5) is 0 Å². The van der Waals surface area contributed by atoms with Crippen molar-refractivity contribution < 1.29 is 4.74 Å². The van der Waals surface area contributed by atoms with Gasteiger partial charge < -0.3 is 4.74 Å². The first kappa shape index (κ1) is 9.42. The van der Waals surface area contributed by atoms with Gasteiger partial charge in [-0.3, -0.25) is 4.40 Å². The van der Waals surface area contributed by atoms with Gasteiger partial charge in [0.25, 0.3) is 0 Å². The van der Waals surface area contributed by atoms with E-state index < -0.39 is 0 Å². The zero-order chi connectivity index (χ0) is 11.1. The van der Waals surface area contributed by atoms with Crippen LogP contribution >= 0.6 is 11.6 Å². The standard InChI is InChI=1S/C11H8ClN3O/c1-16-9-5-4-7-11(14-9)15-6-2-3-8(15)10(12)13-7/h2-6H,1H3. The summed E-state index contributed by atoms with van der Waals surface area (Å²) in [5.41, 5.74) is 2.33. The zero-order valence-electron chi connectivity index (χ0n) is 8.51. The number of nitrogens with zero attached hydrogens (tertiary/aromatic N) is 3. The van der Waals surface area contributed by atoms with Crippen molar-refractivity contribution in [3.63, 3.8) is 0 Å². The predicted molar refractivity (Wildman–Crippen MR) is 62.1 cm³/mol. The molecule has 0 aliphatic carbocycles. The summed E-state index contributed by atoms with van der Waals surface area (Å²) in [5.74, 6) is 0.562. The lowest BCUT2D eigenvalue weighted by Gasteiger charge is -2.05. The number of ether oxygens (including phenoxy) is 1. The van der Waals surface area contributed by atoms with Crippen molar-refractivity contribution in [3.8, 4) is 5.88 Å². The lowest BCUT2D eigenvalue weighted by atomic mass is 10.4. The predicted octanol–water partition coefficient (Wildman–Crippen LogP) is 2.54. The fraction of sp³-hybridized carbons (Fsp3) is 0.0909. The van der Waals surface area contributed by atoms with Crippen molar-refractivity contribution in [1.29, 1.82) is 0 Å². The molecule has 80 valence electrons. The second-order valence-corrected chi connectivity index (χ2v) is 3.72. The molecule has 3 aromatic heterocycles. The summed E-state index contributed by atoms with van der Waals surface area (Å²) >= 11 is 6.06. The monoisotopic (exact) mass is 233 g/mol. The van der Waals surface area contributed by atoms with Crippen molar-refractivity contribution in [2.24, 2.45) is 0 Å². The van der Waals surface area contributed by atoms with Gasteiger partial charge in [0.15, 0.2) is 10.8 Å². The van der Waals surface area contributed by atoms with Crippen LogP contribution in [0.25, 0.3) is 16.7 Å². The van der Waals surface area contributed by atoms with Gasteiger partial charge in [0.2, 0.25) is 5.88 Å². The van der Waals surface area contributed by atoms with E-state index in [2.05, 4.69) is 9.97 Å². The molecule has 0 spiro atoms. The first-order valence-corrected chi connectivity index (χ1v) is 5.15. The second-order valence-electron chi connectivity index (χ2n) is 3.36. The van der Waals surface area contributed by atoms with Gasteiger partial charge in [-0.05, 0) is 18.2 Å². The summed E-state index contributed by atoms with van der Waals surface area (Å²) in [5, 5.41) is 0.476. The molecule has 0 atom stereocenters. The fourth-order valence-corrected chi connectivity index (χ4v) is 1.94. The maximum absolute atomic E-state index is 6.06. The van der Waals surface area contributed by atoms with Gasteiger partial charge in [0.1, 0.15) is 5.52 Å². The van der Waals surface area contributed by atoms with Gasteiger partial charge in [-0.2, -0.15) is 4.98 Å². The van der Waals surface area contributed by atoms with Crippen molar-refractivity contribution >= 4 is 28.3 Å². The van der Waals surface area contributed by atoms with Crippen molar-refractivity contribution in [2.45, 2.75) is 0 Å². The quantitative estimate of drug-likeness (QED) is 0.649. The molecule has 3 aromatic rings. The minimum absolute atomic E-state index is 0.476. The molecule has 0 amide bonds. The third-order valence-corrected chi connectivity index (χ3v) is 2.72. The highest BCUT2D eigenvalue weighted by atomic mass is 35.5. The number of aromatic nitrogens is 3. The highest BCUT2D eigenvalue weighted by molar-refractivity contribution is 6.33. The molecular weight excluding hydrogens is 226 g/mol. The van der Waals surface area contributed by atoms with E-state index >= 15 is 0 Å². The Balaban J connectivity index is 2.50. The van der Waals surface area contributed by atoms with E-state index in [1.54, 1.807) is 13.2 Å². The number of pyridine rings is 1. The van der Waals surface area contributed by atoms with Crippen LogP contribution < -0.4 is 4.74 Å². The molecule has 0 radical (unpaired) electrons. The molecule has 0 N–H and O–H groups in total. The number of methoxy groups -OCH3 is 1. The SMILES string of the molecule is COc1ccc2nc(Cl)c3cccn3c2n1. The number of fused-ring (bicyclic) bond motifs is 3. The second kappa shape index (κ2) is 3.35. The number of hydrogen-bond acceptors (Lipinski definition) is 3. The summed E-state index contributed by atoms with van der Waals surface area (Å²) in [6.07, 6.45) is 1.90. The van der Waals surface area contributed by atoms with Crippen LogP contribution in [-0.4, -0.2) is 21.5 Å². The summed E-state index contributed by atoms with van der Waals surface area (Å²) in [7, 11) is 1.59. The molecule has 0 bridgehead atoms. The lowest BCUT2D eigenvalue weighted by Crippen LogP contribution is -1.96. The topological polar surface area (TPSA) is 39.4 Å². The Hall–Kier alpha value is -1.81. The molecule has 0 aliphatic heterocycles. The molecule has 0 saturated carbocycles. The summed E-state index contributed by atoms with van der Waals surface area (Å²) in [6, 6.07) is 7.41. The fourth-order valence-electron chi connectivity index (χ4n) is 1.70. The third-order valence-electron chi connectivity index (χ3n) is 2.45. The molecular formula is C11H8ClN3O. The largest absolute Gasteiger partial charge is 0.481 e. The Bertz CT molecular complexity index is 677. The average molecular weight is 234 g/mol. The molecule has 4 nitrogen and oxygen atoms in total. The van der Waals surface area contributed by atoms with Crippen LogP contribution in [0.5, 0.6) is 5.88 Å². The normalized spacial score (nSPS) is 11.1. The molecule has 16 heavy (non-hydrogen) atoms. The maximum Gasteiger partial charge on any atom is 0.215 e. The summed E-state index contributed by atoms with van der Waals surface area (Å²) in [6.45, 7) is 0. The van der Waals surface area contributed by atoms with Crippen LogP contribution in [0.3, 0.4) is 0 Å². The van der Waals surface area contributed by atoms with E-state index in [0.29, 0.717) is 11.0 Å². The maximum atomic E-state index is 6.06. The van der Waals surface area contributed by atoms with E-state index in [9.17, 15) is 0 Å². The van der Waals surface area contributed by atoms with Crippen molar-refractivity contribution in [3.05, 3.63) is 35.6 Å². The van der Waals surface area contributed by atoms with Crippen LogP contribution in [0.1, 0.15) is 0 Å². The number of rotatable bonds is 1. The Kier molecular flexibility index (Phi) is 1.97. The summed E-state index contributed by atoms with van der Waals surface area (Å²) in [4.78, 5) is 8.63. The first-order chi connectivity index (χ1) is 7.79. The Morgan fingerprint density at radius 1 is 1.25 bits per heavy atom. The first-order valence-electron chi connectivity index (χ1n) is 4.77. The number of hydrogen-bond donors (Lipinski definition) is 0. The minimum Gasteiger partial charge on any atom is -0.481 e. The van der Waals surface area contributed by atoms with Gasteiger partial charge >= 0.3 is 0 Å². The van der Waals surface area contributed by atoms with Crippen LogP contribution in [-0.2, 0) is 0 Å². The van der Waals surface area contributed by atoms with Gasteiger partial charge in [-0.1, -0.05) is 11.6 Å². The third kappa shape index (κ3) is 1.23. The van der Waals surface area contributed by atoms with Crippen LogP contribution in [0.15, 0.2) is 30.5 Å². The van der Waals surface area contributed by atoms with E-state index in [1.165, 1.54) is 0 Å². The van der Waals surface area contributed by atoms with E-state index in [0.717, 1.165) is 16.7 Å². The zero-order valence-corrected chi connectivity index (χ0v) is 9.27. The summed E-state index contributed by atoms with van der Waals surface area (Å²) < 4.78 is 6.99. The lowest BCUT2D eigenvalue weighted by molar-refractivity contribution is 0.399. The molecule has 0 saturated heterocycles. The van der Waals surface area contributed by atoms with Crippen LogP contribution in [0, 0.1) is 0 Å². The molecule has 0 aromatic carbocycles. The smallest absolute Gasteiger partial charge is 0.215 e.